The average Bonchev–Trinajstić information content (AvgIpc) is 2.90. The van der Waals surface area contributed by atoms with Crippen LogP contribution >= 0.6 is 0 Å². The molecule has 0 bridgehead atoms. The molecular formula is C34H48O. The molecule has 1 aliphatic carbocycles. The Morgan fingerprint density at radius 1 is 0.771 bits per heavy atom. The summed E-state index contributed by atoms with van der Waals surface area (Å²) in [5.41, 5.74) is 5.58. The van der Waals surface area contributed by atoms with E-state index in [1.807, 2.05) is 6.08 Å². The summed E-state index contributed by atoms with van der Waals surface area (Å²) in [6.07, 6.45) is 23.5. The minimum atomic E-state index is 0.709. The Morgan fingerprint density at radius 2 is 1.40 bits per heavy atom. The van der Waals surface area contributed by atoms with E-state index in [0.717, 1.165) is 24.9 Å². The van der Waals surface area contributed by atoms with Crippen LogP contribution in [-0.4, -0.2) is 6.61 Å². The molecule has 0 radical (unpaired) electrons. The lowest BCUT2D eigenvalue weighted by Gasteiger charge is -2.28. The van der Waals surface area contributed by atoms with Crippen molar-refractivity contribution in [2.45, 2.75) is 97.0 Å². The van der Waals surface area contributed by atoms with Crippen molar-refractivity contribution in [1.82, 2.24) is 0 Å². The van der Waals surface area contributed by atoms with Crippen molar-refractivity contribution in [3.8, 4) is 0 Å². The molecule has 0 N–H and O–H groups in total. The van der Waals surface area contributed by atoms with Crippen LogP contribution in [0.25, 0.3) is 6.08 Å². The van der Waals surface area contributed by atoms with E-state index in [9.17, 15) is 0 Å². The zero-order chi connectivity index (χ0) is 24.6. The Morgan fingerprint density at radius 3 is 2.09 bits per heavy atom. The molecule has 35 heavy (non-hydrogen) atoms. The van der Waals surface area contributed by atoms with E-state index < -0.39 is 0 Å². The fraction of sp³-hybridized carbons (Fsp3) is 0.529. The first-order valence-electron chi connectivity index (χ1n) is 14.3. The van der Waals surface area contributed by atoms with Crippen LogP contribution in [0.3, 0.4) is 0 Å². The summed E-state index contributed by atoms with van der Waals surface area (Å²) >= 11 is 0. The summed E-state index contributed by atoms with van der Waals surface area (Å²) < 4.78 is 5.67. The Hall–Kier alpha value is -2.12. The van der Waals surface area contributed by atoms with Gasteiger partial charge in [0.15, 0.2) is 0 Å². The smallest absolute Gasteiger partial charge is 0.0717 e. The van der Waals surface area contributed by atoms with Crippen molar-refractivity contribution in [1.29, 1.82) is 0 Å². The standard InChI is InChI=1S/C34H48O/c1-3-5-7-10-29-13-15-30(16-14-29)11-8-9-12-31-17-19-32(20-18-31)21-22-33-23-25-34(26-24-33)28-35-27-6-4-2/h4,7,10,13-16,23-26,31-32H,2-3,5-6,8-9,11-12,17-22,27-28H2,1H3/t31-,32-. The fourth-order valence-corrected chi connectivity index (χ4v) is 5.28. The number of benzene rings is 2. The summed E-state index contributed by atoms with van der Waals surface area (Å²) in [6.45, 7) is 7.43. The predicted octanol–water partition coefficient (Wildman–Crippen LogP) is 9.74. The first-order chi connectivity index (χ1) is 17.3. The molecule has 3 rings (SSSR count). The van der Waals surface area contributed by atoms with Gasteiger partial charge in [-0.1, -0.05) is 119 Å². The van der Waals surface area contributed by atoms with Gasteiger partial charge in [-0.05, 0) is 72.6 Å². The molecule has 0 amide bonds. The lowest BCUT2D eigenvalue weighted by Crippen LogP contribution is -2.15. The van der Waals surface area contributed by atoms with Gasteiger partial charge < -0.3 is 4.74 Å². The molecule has 0 aromatic heterocycles. The Kier molecular flexibility index (Phi) is 13.0. The second kappa shape index (κ2) is 16.5. The maximum atomic E-state index is 5.67. The first kappa shape index (κ1) is 27.5. The summed E-state index contributed by atoms with van der Waals surface area (Å²) in [5, 5.41) is 0. The number of rotatable bonds is 16. The van der Waals surface area contributed by atoms with Crippen molar-refractivity contribution >= 4 is 6.08 Å². The van der Waals surface area contributed by atoms with Crippen LogP contribution < -0.4 is 0 Å². The van der Waals surface area contributed by atoms with Crippen LogP contribution in [0.15, 0.2) is 67.3 Å². The quantitative estimate of drug-likeness (QED) is 0.174. The van der Waals surface area contributed by atoms with Crippen LogP contribution in [0.4, 0.5) is 0 Å². The van der Waals surface area contributed by atoms with Crippen molar-refractivity contribution in [3.05, 3.63) is 89.5 Å². The van der Waals surface area contributed by atoms with E-state index in [4.69, 9.17) is 4.74 Å². The van der Waals surface area contributed by atoms with Crippen LogP contribution in [0, 0.1) is 11.8 Å². The van der Waals surface area contributed by atoms with Crippen molar-refractivity contribution in [2.75, 3.05) is 6.61 Å². The lowest BCUT2D eigenvalue weighted by atomic mass is 9.77. The molecule has 0 atom stereocenters. The summed E-state index contributed by atoms with van der Waals surface area (Å²) in [6, 6.07) is 18.3. The van der Waals surface area contributed by atoms with Crippen molar-refractivity contribution in [2.24, 2.45) is 11.8 Å². The predicted molar refractivity (Wildman–Crippen MR) is 153 cm³/mol. The minimum Gasteiger partial charge on any atom is -0.376 e. The number of hydrogen-bond donors (Lipinski definition) is 0. The van der Waals surface area contributed by atoms with Crippen LogP contribution in [-0.2, 0) is 24.2 Å². The molecule has 1 heteroatoms. The van der Waals surface area contributed by atoms with E-state index in [2.05, 4.69) is 74.2 Å². The van der Waals surface area contributed by atoms with Gasteiger partial charge >= 0.3 is 0 Å². The average molecular weight is 473 g/mol. The third-order valence-electron chi connectivity index (χ3n) is 7.64. The third-order valence-corrected chi connectivity index (χ3v) is 7.64. The molecule has 1 fully saturated rings. The second-order valence-electron chi connectivity index (χ2n) is 10.6. The molecule has 1 saturated carbocycles. The number of ether oxygens (including phenoxy) is 1. The molecular weight excluding hydrogens is 424 g/mol. The number of allylic oxidation sites excluding steroid dienone is 1. The highest BCUT2D eigenvalue weighted by Gasteiger charge is 2.20. The normalized spacial score (nSPS) is 18.2. The highest BCUT2D eigenvalue weighted by molar-refractivity contribution is 5.49. The van der Waals surface area contributed by atoms with E-state index in [1.54, 1.807) is 0 Å². The zero-order valence-corrected chi connectivity index (χ0v) is 22.2. The highest BCUT2D eigenvalue weighted by Crippen LogP contribution is 2.34. The maximum absolute atomic E-state index is 5.67. The Bertz CT molecular complexity index is 837. The van der Waals surface area contributed by atoms with Crippen molar-refractivity contribution in [3.63, 3.8) is 0 Å². The molecule has 190 valence electrons. The van der Waals surface area contributed by atoms with Gasteiger partial charge in [0.05, 0.1) is 13.2 Å². The fourth-order valence-electron chi connectivity index (χ4n) is 5.28. The van der Waals surface area contributed by atoms with E-state index in [1.165, 1.54) is 99.3 Å². The molecule has 2 aromatic rings. The van der Waals surface area contributed by atoms with Gasteiger partial charge in [0.1, 0.15) is 0 Å². The molecule has 0 unspecified atom stereocenters. The van der Waals surface area contributed by atoms with Gasteiger partial charge in [-0.25, -0.2) is 0 Å². The molecule has 2 aromatic carbocycles. The van der Waals surface area contributed by atoms with Crippen LogP contribution in [0.5, 0.6) is 0 Å². The van der Waals surface area contributed by atoms with Gasteiger partial charge in [-0.3, -0.25) is 0 Å². The van der Waals surface area contributed by atoms with Gasteiger partial charge in [0.25, 0.3) is 0 Å². The first-order valence-corrected chi connectivity index (χ1v) is 14.3. The van der Waals surface area contributed by atoms with Gasteiger partial charge in [0, 0.05) is 0 Å². The monoisotopic (exact) mass is 472 g/mol. The number of hydrogen-bond acceptors (Lipinski definition) is 1. The SMILES string of the molecule is C=CCCOCc1ccc(CC[C@H]2CC[C@H](CCCCc3ccc(C=CCCC)cc3)CC2)cc1. The van der Waals surface area contributed by atoms with Gasteiger partial charge in [-0.2, -0.15) is 0 Å². The highest BCUT2D eigenvalue weighted by atomic mass is 16.5. The van der Waals surface area contributed by atoms with E-state index in [0.29, 0.717) is 6.61 Å². The van der Waals surface area contributed by atoms with E-state index in [-0.39, 0.29) is 0 Å². The Labute approximate surface area is 215 Å². The molecule has 0 aliphatic heterocycles. The number of unbranched alkanes of at least 4 members (excludes halogenated alkanes) is 2. The Balaban J connectivity index is 1.24. The maximum Gasteiger partial charge on any atom is 0.0717 e. The van der Waals surface area contributed by atoms with Crippen LogP contribution in [0.1, 0.15) is 99.8 Å². The molecule has 0 saturated heterocycles. The van der Waals surface area contributed by atoms with Gasteiger partial charge in [-0.15, -0.1) is 6.58 Å². The largest absolute Gasteiger partial charge is 0.376 e. The van der Waals surface area contributed by atoms with Crippen molar-refractivity contribution < 1.29 is 4.74 Å². The minimum absolute atomic E-state index is 0.709. The topological polar surface area (TPSA) is 9.23 Å². The second-order valence-corrected chi connectivity index (χ2v) is 10.6. The summed E-state index contributed by atoms with van der Waals surface area (Å²) in [7, 11) is 0. The number of aryl methyl sites for hydroxylation is 2. The summed E-state index contributed by atoms with van der Waals surface area (Å²) in [5.74, 6) is 1.90. The summed E-state index contributed by atoms with van der Waals surface area (Å²) in [4.78, 5) is 0. The lowest BCUT2D eigenvalue weighted by molar-refractivity contribution is 0.125. The third kappa shape index (κ3) is 11.0. The molecule has 1 aliphatic rings. The molecule has 0 heterocycles. The zero-order valence-electron chi connectivity index (χ0n) is 22.2. The van der Waals surface area contributed by atoms with E-state index >= 15 is 0 Å². The molecule has 0 spiro atoms. The van der Waals surface area contributed by atoms with Gasteiger partial charge in [0.2, 0.25) is 0 Å². The molecule has 1 nitrogen and oxygen atoms in total. The van der Waals surface area contributed by atoms with Crippen LogP contribution in [0.2, 0.25) is 0 Å².